The first-order valence-corrected chi connectivity index (χ1v) is 7.94. The van der Waals surface area contributed by atoms with Crippen molar-refractivity contribution in [3.63, 3.8) is 0 Å². The zero-order chi connectivity index (χ0) is 18.8. The normalized spacial score (nSPS) is 12.5. The molecule has 1 aromatic heterocycles. The molecule has 1 unspecified atom stereocenters. The first-order chi connectivity index (χ1) is 11.6. The Morgan fingerprint density at radius 1 is 1.12 bits per heavy atom. The van der Waals surface area contributed by atoms with Crippen LogP contribution in [0, 0.1) is 0 Å². The van der Waals surface area contributed by atoms with Gasteiger partial charge in [0.1, 0.15) is 5.82 Å². The molecule has 2 aromatic rings. The maximum atomic E-state index is 12.5. The number of amides is 1. The van der Waals surface area contributed by atoms with Crippen LogP contribution in [0.4, 0.5) is 5.82 Å². The summed E-state index contributed by atoms with van der Waals surface area (Å²) in [6, 6.07) is 9.66. The van der Waals surface area contributed by atoms with Crippen LogP contribution in [0.5, 0.6) is 0 Å². The SMILES string of the molecule is CC(O)c1cccc(NC(=O)c2ccc(C(C)(C)C)cc2C(=O)O)n1. The van der Waals surface area contributed by atoms with Gasteiger partial charge in [-0.2, -0.15) is 0 Å². The standard InChI is InChI=1S/C19H22N2O4/c1-11(22)15-6-5-7-16(20-15)21-17(23)13-9-8-12(19(2,3)4)10-14(13)18(24)25/h5-11,22H,1-4H3,(H,24,25)(H,20,21,23). The summed E-state index contributed by atoms with van der Waals surface area (Å²) in [5, 5.41) is 21.6. The van der Waals surface area contributed by atoms with E-state index in [0.29, 0.717) is 5.69 Å². The molecular weight excluding hydrogens is 320 g/mol. The zero-order valence-corrected chi connectivity index (χ0v) is 14.7. The number of rotatable bonds is 4. The first kappa shape index (κ1) is 18.6. The lowest BCUT2D eigenvalue weighted by molar-refractivity contribution is 0.0692. The summed E-state index contributed by atoms with van der Waals surface area (Å²) >= 11 is 0. The third-order valence-corrected chi connectivity index (χ3v) is 3.80. The van der Waals surface area contributed by atoms with Crippen molar-refractivity contribution in [1.82, 2.24) is 4.98 Å². The van der Waals surface area contributed by atoms with Gasteiger partial charge in [-0.05, 0) is 42.2 Å². The second-order valence-corrected chi connectivity index (χ2v) is 6.89. The second kappa shape index (κ2) is 7.03. The molecule has 6 heteroatoms. The number of benzene rings is 1. The summed E-state index contributed by atoms with van der Waals surface area (Å²) in [5.41, 5.74) is 1.02. The number of anilines is 1. The van der Waals surface area contributed by atoms with Gasteiger partial charge in [0.15, 0.2) is 0 Å². The molecule has 0 spiro atoms. The van der Waals surface area contributed by atoms with Gasteiger partial charge < -0.3 is 15.5 Å². The summed E-state index contributed by atoms with van der Waals surface area (Å²) < 4.78 is 0. The highest BCUT2D eigenvalue weighted by atomic mass is 16.4. The van der Waals surface area contributed by atoms with Crippen LogP contribution in [0.15, 0.2) is 36.4 Å². The molecule has 1 atom stereocenters. The van der Waals surface area contributed by atoms with Gasteiger partial charge >= 0.3 is 5.97 Å². The summed E-state index contributed by atoms with van der Waals surface area (Å²) in [4.78, 5) is 28.2. The van der Waals surface area contributed by atoms with Crippen molar-refractivity contribution in [3.05, 3.63) is 58.8 Å². The number of aliphatic hydroxyl groups excluding tert-OH is 1. The van der Waals surface area contributed by atoms with Gasteiger partial charge in [0.05, 0.1) is 22.9 Å². The fourth-order valence-electron chi connectivity index (χ4n) is 2.32. The molecule has 0 bridgehead atoms. The van der Waals surface area contributed by atoms with Crippen molar-refractivity contribution in [2.24, 2.45) is 0 Å². The number of aromatic nitrogens is 1. The Labute approximate surface area is 146 Å². The highest BCUT2D eigenvalue weighted by molar-refractivity contribution is 6.10. The molecule has 0 saturated heterocycles. The average molecular weight is 342 g/mol. The number of nitrogens with one attached hydrogen (secondary N) is 1. The maximum Gasteiger partial charge on any atom is 0.336 e. The summed E-state index contributed by atoms with van der Waals surface area (Å²) in [6.07, 6.45) is -0.766. The molecule has 6 nitrogen and oxygen atoms in total. The van der Waals surface area contributed by atoms with Gasteiger partial charge in [0.25, 0.3) is 5.91 Å². The third kappa shape index (κ3) is 4.42. The molecule has 0 aliphatic heterocycles. The number of carbonyl (C=O) groups is 2. The molecule has 132 valence electrons. The van der Waals surface area contributed by atoms with Gasteiger partial charge in [-0.25, -0.2) is 9.78 Å². The average Bonchev–Trinajstić information content (AvgIpc) is 2.53. The molecule has 0 aliphatic carbocycles. The minimum absolute atomic E-state index is 0.0587. The molecule has 1 amide bonds. The van der Waals surface area contributed by atoms with E-state index in [1.165, 1.54) is 12.1 Å². The molecule has 0 fully saturated rings. The predicted molar refractivity (Wildman–Crippen MR) is 94.9 cm³/mol. The summed E-state index contributed by atoms with van der Waals surface area (Å²) in [5.74, 6) is -1.48. The maximum absolute atomic E-state index is 12.5. The lowest BCUT2D eigenvalue weighted by atomic mass is 9.85. The Morgan fingerprint density at radius 2 is 1.80 bits per heavy atom. The first-order valence-electron chi connectivity index (χ1n) is 7.94. The number of pyridine rings is 1. The lowest BCUT2D eigenvalue weighted by Gasteiger charge is -2.20. The van der Waals surface area contributed by atoms with E-state index in [9.17, 15) is 19.8 Å². The number of hydrogen-bond donors (Lipinski definition) is 3. The van der Waals surface area contributed by atoms with Crippen LogP contribution in [0.1, 0.15) is 65.8 Å². The van der Waals surface area contributed by atoms with Crippen molar-refractivity contribution in [2.75, 3.05) is 5.32 Å². The highest BCUT2D eigenvalue weighted by Gasteiger charge is 2.22. The van der Waals surface area contributed by atoms with Crippen LogP contribution >= 0.6 is 0 Å². The topological polar surface area (TPSA) is 99.5 Å². The molecule has 1 heterocycles. The van der Waals surface area contributed by atoms with Gasteiger partial charge in [0.2, 0.25) is 0 Å². The smallest absolute Gasteiger partial charge is 0.336 e. The number of carboxylic acid groups (broad SMARTS) is 1. The number of carboxylic acids is 1. The Kier molecular flexibility index (Phi) is 5.23. The van der Waals surface area contributed by atoms with Crippen molar-refractivity contribution in [3.8, 4) is 0 Å². The molecule has 3 N–H and O–H groups in total. The fraction of sp³-hybridized carbons (Fsp3) is 0.316. The quantitative estimate of drug-likeness (QED) is 0.791. The monoisotopic (exact) mass is 342 g/mol. The molecular formula is C19H22N2O4. The molecule has 0 aliphatic rings. The zero-order valence-electron chi connectivity index (χ0n) is 14.7. The van der Waals surface area contributed by atoms with E-state index in [4.69, 9.17) is 0 Å². The second-order valence-electron chi connectivity index (χ2n) is 6.89. The number of carbonyl (C=O) groups excluding carboxylic acids is 1. The van der Waals surface area contributed by atoms with Gasteiger partial charge in [-0.3, -0.25) is 4.79 Å². The fourth-order valence-corrected chi connectivity index (χ4v) is 2.32. The van der Waals surface area contributed by atoms with E-state index < -0.39 is 18.0 Å². The largest absolute Gasteiger partial charge is 0.478 e. The Hall–Kier alpha value is -2.73. The number of aromatic carboxylic acids is 1. The minimum Gasteiger partial charge on any atom is -0.478 e. The van der Waals surface area contributed by atoms with E-state index >= 15 is 0 Å². The number of nitrogens with zero attached hydrogens (tertiary/aromatic N) is 1. The molecule has 0 radical (unpaired) electrons. The number of aliphatic hydroxyl groups is 1. The highest BCUT2D eigenvalue weighted by Crippen LogP contribution is 2.25. The van der Waals surface area contributed by atoms with Crippen molar-refractivity contribution < 1.29 is 19.8 Å². The minimum atomic E-state index is -1.16. The van der Waals surface area contributed by atoms with Gasteiger partial charge in [-0.1, -0.05) is 32.9 Å². The van der Waals surface area contributed by atoms with Crippen molar-refractivity contribution >= 4 is 17.7 Å². The third-order valence-electron chi connectivity index (χ3n) is 3.80. The van der Waals surface area contributed by atoms with E-state index in [2.05, 4.69) is 10.3 Å². The van der Waals surface area contributed by atoms with Crippen LogP contribution in [0.2, 0.25) is 0 Å². The summed E-state index contributed by atoms with van der Waals surface area (Å²) in [6.45, 7) is 7.49. The molecule has 1 aromatic carbocycles. The van der Waals surface area contributed by atoms with Crippen LogP contribution < -0.4 is 5.32 Å². The Bertz CT molecular complexity index is 807. The molecule has 0 saturated carbocycles. The number of hydrogen-bond acceptors (Lipinski definition) is 4. The van der Waals surface area contributed by atoms with E-state index in [1.54, 1.807) is 31.2 Å². The van der Waals surface area contributed by atoms with Crippen LogP contribution in [-0.2, 0) is 5.41 Å². The van der Waals surface area contributed by atoms with Crippen molar-refractivity contribution in [1.29, 1.82) is 0 Å². The van der Waals surface area contributed by atoms with Gasteiger partial charge in [-0.15, -0.1) is 0 Å². The van der Waals surface area contributed by atoms with Crippen LogP contribution in [0.25, 0.3) is 0 Å². The molecule has 2 rings (SSSR count). The predicted octanol–water partition coefficient (Wildman–Crippen LogP) is 3.38. The Balaban J connectivity index is 2.36. The van der Waals surface area contributed by atoms with Crippen molar-refractivity contribution in [2.45, 2.75) is 39.2 Å². The Morgan fingerprint density at radius 3 is 2.36 bits per heavy atom. The molecule has 25 heavy (non-hydrogen) atoms. The lowest BCUT2D eigenvalue weighted by Crippen LogP contribution is -2.19. The van der Waals surface area contributed by atoms with Gasteiger partial charge in [0, 0.05) is 0 Å². The van der Waals surface area contributed by atoms with E-state index in [1.807, 2.05) is 20.8 Å². The summed E-state index contributed by atoms with van der Waals surface area (Å²) in [7, 11) is 0. The van der Waals surface area contributed by atoms with Crippen LogP contribution in [0.3, 0.4) is 0 Å². The van der Waals surface area contributed by atoms with E-state index in [-0.39, 0.29) is 22.4 Å². The van der Waals surface area contributed by atoms with Crippen LogP contribution in [-0.4, -0.2) is 27.1 Å². The van der Waals surface area contributed by atoms with E-state index in [0.717, 1.165) is 5.56 Å².